The van der Waals surface area contributed by atoms with Crippen molar-refractivity contribution in [3.8, 4) is 11.1 Å². The number of hydrogen-bond donors (Lipinski definition) is 2. The molecule has 6 aliphatic rings. The van der Waals surface area contributed by atoms with Crippen LogP contribution in [0.25, 0.3) is 11.1 Å². The molecule has 4 bridgehead atoms. The van der Waals surface area contributed by atoms with Crippen LogP contribution < -0.4 is 10.6 Å². The lowest BCUT2D eigenvalue weighted by Gasteiger charge is -2.63. The smallest absolute Gasteiger partial charge is 0.0405 e. The predicted molar refractivity (Wildman–Crippen MR) is 168 cm³/mol. The van der Waals surface area contributed by atoms with Crippen molar-refractivity contribution in [1.82, 2.24) is 10.6 Å². The molecule has 4 heteroatoms. The fourth-order valence-corrected chi connectivity index (χ4v) is 11.9. The monoisotopic (exact) mass is 546 g/mol. The fraction of sp³-hybridized carbons (Fsp3) is 0.647. The van der Waals surface area contributed by atoms with Gasteiger partial charge in [0.15, 0.2) is 0 Å². The lowest BCUT2D eigenvalue weighted by atomic mass is 9.43. The van der Waals surface area contributed by atoms with Gasteiger partial charge in [-0.25, -0.2) is 0 Å². The van der Waals surface area contributed by atoms with E-state index in [1.807, 2.05) is 0 Å². The third-order valence-corrected chi connectivity index (χ3v) is 13.6. The molecule has 2 saturated heterocycles. The first-order valence-corrected chi connectivity index (χ1v) is 17.2. The summed E-state index contributed by atoms with van der Waals surface area (Å²) < 4.78 is 0. The van der Waals surface area contributed by atoms with Gasteiger partial charge in [-0.3, -0.25) is 0 Å². The molecule has 0 amide bonds. The van der Waals surface area contributed by atoms with E-state index in [0.29, 0.717) is 17.5 Å². The van der Waals surface area contributed by atoms with Gasteiger partial charge in [0.2, 0.25) is 0 Å². The van der Waals surface area contributed by atoms with Gasteiger partial charge in [0, 0.05) is 22.7 Å². The van der Waals surface area contributed by atoms with Crippen molar-refractivity contribution in [2.45, 2.75) is 93.3 Å². The maximum Gasteiger partial charge on any atom is 0.0405 e. The number of piperidine rings is 2. The number of hydrogen-bond acceptors (Lipinski definition) is 2. The van der Waals surface area contributed by atoms with Crippen LogP contribution in [0.5, 0.6) is 0 Å². The standard InChI is InChI=1S/C34H48N2P2/c37-22-33(27-17-23-16-24(19-27)20-28(33)18-23)29-13-12-26(25-8-2-1-3-9-25)21-30(29)34(38,31-10-4-6-14-35-31)32-11-5-7-15-36-32/h1-3,8-9,12-13,21,23-24,27-28,31-32,35-36H,4-7,10-11,14-20,22,37-38H2. The maximum atomic E-state index is 4.07. The summed E-state index contributed by atoms with van der Waals surface area (Å²) in [6, 6.07) is 19.9. The quantitative estimate of drug-likeness (QED) is 0.372. The van der Waals surface area contributed by atoms with E-state index < -0.39 is 0 Å². The molecule has 0 aromatic heterocycles. The summed E-state index contributed by atoms with van der Waals surface area (Å²) >= 11 is 0. The minimum absolute atomic E-state index is 0.00244. The second-order valence-electron chi connectivity index (χ2n) is 13.6. The molecule has 2 aromatic rings. The van der Waals surface area contributed by atoms with Crippen molar-refractivity contribution in [1.29, 1.82) is 0 Å². The highest BCUT2D eigenvalue weighted by Crippen LogP contribution is 2.65. The van der Waals surface area contributed by atoms with Crippen LogP contribution >= 0.6 is 18.5 Å². The Morgan fingerprint density at radius 1 is 0.737 bits per heavy atom. The average molecular weight is 547 g/mol. The van der Waals surface area contributed by atoms with E-state index in [1.54, 1.807) is 11.1 Å². The van der Waals surface area contributed by atoms with Crippen molar-refractivity contribution < 1.29 is 0 Å². The van der Waals surface area contributed by atoms with Gasteiger partial charge >= 0.3 is 0 Å². The van der Waals surface area contributed by atoms with Crippen LogP contribution in [0.15, 0.2) is 48.5 Å². The summed E-state index contributed by atoms with van der Waals surface area (Å²) in [7, 11) is 6.84. The molecule has 2 aliphatic heterocycles. The molecular formula is C34H48N2P2. The van der Waals surface area contributed by atoms with E-state index in [2.05, 4.69) is 77.6 Å². The van der Waals surface area contributed by atoms with Crippen LogP contribution in [-0.2, 0) is 10.6 Å². The summed E-state index contributed by atoms with van der Waals surface area (Å²) in [6.07, 6.45) is 16.5. The summed E-state index contributed by atoms with van der Waals surface area (Å²) in [5.41, 5.74) is 6.43. The van der Waals surface area contributed by atoms with Gasteiger partial charge in [-0.2, -0.15) is 0 Å². The molecule has 2 heterocycles. The molecular weight excluding hydrogens is 498 g/mol. The van der Waals surface area contributed by atoms with Crippen LogP contribution in [0.3, 0.4) is 0 Å². The Morgan fingerprint density at radius 2 is 1.34 bits per heavy atom. The van der Waals surface area contributed by atoms with E-state index in [0.717, 1.165) is 36.8 Å². The lowest BCUT2D eigenvalue weighted by Crippen LogP contribution is -2.61. The lowest BCUT2D eigenvalue weighted by molar-refractivity contribution is -0.0507. The van der Waals surface area contributed by atoms with Gasteiger partial charge in [0.05, 0.1) is 0 Å². The number of benzene rings is 2. The van der Waals surface area contributed by atoms with Crippen LogP contribution in [0.1, 0.15) is 81.8 Å². The third-order valence-electron chi connectivity index (χ3n) is 11.8. The molecule has 204 valence electrons. The van der Waals surface area contributed by atoms with Gasteiger partial charge in [-0.15, -0.1) is 18.5 Å². The Labute approximate surface area is 235 Å². The topological polar surface area (TPSA) is 24.1 Å². The molecule has 4 aliphatic carbocycles. The second-order valence-corrected chi connectivity index (χ2v) is 15.0. The number of nitrogens with one attached hydrogen (secondary N) is 2. The fourth-order valence-electron chi connectivity index (χ4n) is 10.2. The van der Waals surface area contributed by atoms with Crippen molar-refractivity contribution >= 4 is 18.5 Å². The molecule has 4 unspecified atom stereocenters. The Hall–Kier alpha value is -0.780. The average Bonchev–Trinajstić information content (AvgIpc) is 2.98. The highest BCUT2D eigenvalue weighted by atomic mass is 31.0. The van der Waals surface area contributed by atoms with Crippen LogP contribution in [0.4, 0.5) is 0 Å². The van der Waals surface area contributed by atoms with E-state index >= 15 is 0 Å². The minimum Gasteiger partial charge on any atom is -0.313 e. The van der Waals surface area contributed by atoms with Gasteiger partial charge in [-0.1, -0.05) is 55.3 Å². The molecule has 4 atom stereocenters. The Kier molecular flexibility index (Phi) is 7.27. The normalized spacial score (nSPS) is 38.2. The largest absolute Gasteiger partial charge is 0.313 e. The first kappa shape index (κ1) is 26.1. The van der Waals surface area contributed by atoms with Gasteiger partial charge in [-0.05, 0) is 129 Å². The van der Waals surface area contributed by atoms with Crippen LogP contribution in [0, 0.1) is 23.7 Å². The van der Waals surface area contributed by atoms with Gasteiger partial charge < -0.3 is 10.6 Å². The summed E-state index contributed by atoms with van der Waals surface area (Å²) in [6.45, 7) is 2.31. The second kappa shape index (κ2) is 10.6. The zero-order valence-electron chi connectivity index (χ0n) is 23.1. The van der Waals surface area contributed by atoms with Crippen molar-refractivity contribution in [2.75, 3.05) is 19.3 Å². The number of rotatable bonds is 6. The maximum absolute atomic E-state index is 4.07. The summed E-state index contributed by atoms with van der Waals surface area (Å²) in [5.74, 6) is 3.70. The highest BCUT2D eigenvalue weighted by molar-refractivity contribution is 7.18. The Bertz CT molecular complexity index is 1070. The van der Waals surface area contributed by atoms with Crippen molar-refractivity contribution in [3.63, 3.8) is 0 Å². The Balaban J connectivity index is 1.43. The summed E-state index contributed by atoms with van der Waals surface area (Å²) in [4.78, 5) is 0. The predicted octanol–water partition coefficient (Wildman–Crippen LogP) is 7.28. The minimum atomic E-state index is 0.00244. The molecule has 38 heavy (non-hydrogen) atoms. The van der Waals surface area contributed by atoms with Gasteiger partial charge in [0.1, 0.15) is 0 Å². The summed E-state index contributed by atoms with van der Waals surface area (Å²) in [5, 5.41) is 8.15. The van der Waals surface area contributed by atoms with Crippen LogP contribution in [0.2, 0.25) is 0 Å². The van der Waals surface area contributed by atoms with E-state index in [-0.39, 0.29) is 5.16 Å². The molecule has 8 rings (SSSR count). The van der Waals surface area contributed by atoms with Crippen LogP contribution in [-0.4, -0.2) is 31.3 Å². The molecule has 2 aromatic carbocycles. The van der Waals surface area contributed by atoms with E-state index in [4.69, 9.17) is 0 Å². The van der Waals surface area contributed by atoms with Crippen molar-refractivity contribution in [3.05, 3.63) is 59.7 Å². The highest BCUT2D eigenvalue weighted by Gasteiger charge is 2.59. The SMILES string of the molecule is PCC1(c2ccc(-c3ccccc3)cc2C(P)(C2CCCCN2)C2CCCCN2)C2CC3CC(C2)CC1C3. The van der Waals surface area contributed by atoms with E-state index in [9.17, 15) is 0 Å². The zero-order chi connectivity index (χ0) is 25.7. The molecule has 0 spiro atoms. The van der Waals surface area contributed by atoms with Gasteiger partial charge in [0.25, 0.3) is 0 Å². The Morgan fingerprint density at radius 3 is 1.87 bits per heavy atom. The zero-order valence-corrected chi connectivity index (χ0v) is 25.4. The van der Waals surface area contributed by atoms with E-state index in [1.165, 1.54) is 87.9 Å². The molecule has 4 saturated carbocycles. The molecule has 2 nitrogen and oxygen atoms in total. The first-order chi connectivity index (χ1) is 18.6. The third kappa shape index (κ3) is 4.19. The molecule has 2 N–H and O–H groups in total. The van der Waals surface area contributed by atoms with Crippen molar-refractivity contribution in [2.24, 2.45) is 23.7 Å². The molecule has 0 radical (unpaired) electrons. The first-order valence-electron chi connectivity index (χ1n) is 15.8. The molecule has 6 fully saturated rings.